The number of likely N-dealkylation sites (tertiary alicyclic amines) is 1. The van der Waals surface area contributed by atoms with Crippen LogP contribution in [0.25, 0.3) is 10.4 Å². The molecule has 0 aromatic carbocycles. The lowest BCUT2D eigenvalue weighted by atomic mass is 10.1. The lowest BCUT2D eigenvalue weighted by Gasteiger charge is -2.21. The molecule has 0 bridgehead atoms. The highest BCUT2D eigenvalue weighted by atomic mass is 32.1. The molecule has 3 N–H and O–H groups in total. The van der Waals surface area contributed by atoms with E-state index in [1.54, 1.807) is 13.8 Å². The highest BCUT2D eigenvalue weighted by Gasteiger charge is 2.41. The SMILES string of the molecule is Cc1cc(NC(C2CC2)C2CC2)ncc1-c1sc(C(=O)NCC(C)(C)O)nc1C(=O)N1CCC[C@@H]1C. The molecule has 1 saturated heterocycles. The average molecular weight is 512 g/mol. The van der Waals surface area contributed by atoms with E-state index < -0.39 is 11.5 Å². The number of carbonyl (C=O) groups is 2. The smallest absolute Gasteiger partial charge is 0.280 e. The summed E-state index contributed by atoms with van der Waals surface area (Å²) in [6.07, 6.45) is 8.93. The fourth-order valence-corrected chi connectivity index (χ4v) is 6.11. The molecule has 3 fully saturated rings. The minimum atomic E-state index is -1.04. The van der Waals surface area contributed by atoms with Crippen molar-refractivity contribution in [2.45, 2.75) is 83.9 Å². The van der Waals surface area contributed by atoms with Gasteiger partial charge in [-0.1, -0.05) is 0 Å². The zero-order valence-corrected chi connectivity index (χ0v) is 22.5. The number of pyridine rings is 1. The number of hydrogen-bond donors (Lipinski definition) is 3. The Hall–Kier alpha value is -2.52. The molecule has 3 aliphatic rings. The molecule has 0 unspecified atom stereocenters. The molecule has 8 nitrogen and oxygen atoms in total. The number of aromatic nitrogens is 2. The number of anilines is 1. The van der Waals surface area contributed by atoms with E-state index in [4.69, 9.17) is 4.98 Å². The molecule has 2 aromatic heterocycles. The van der Waals surface area contributed by atoms with Gasteiger partial charge in [-0.2, -0.15) is 0 Å². The number of nitrogens with one attached hydrogen (secondary N) is 2. The Morgan fingerprint density at radius 2 is 1.92 bits per heavy atom. The second-order valence-corrected chi connectivity index (χ2v) is 12.4. The first-order chi connectivity index (χ1) is 17.1. The maximum absolute atomic E-state index is 13.6. The molecule has 9 heteroatoms. The van der Waals surface area contributed by atoms with Crippen LogP contribution in [0.15, 0.2) is 12.3 Å². The third kappa shape index (κ3) is 5.57. The van der Waals surface area contributed by atoms with Gasteiger partial charge in [-0.3, -0.25) is 9.59 Å². The lowest BCUT2D eigenvalue weighted by molar-refractivity contribution is 0.0692. The molecular formula is C27H37N5O3S. The van der Waals surface area contributed by atoms with Crippen molar-refractivity contribution in [1.82, 2.24) is 20.2 Å². The third-order valence-electron chi connectivity index (χ3n) is 7.45. The first-order valence-corrected chi connectivity index (χ1v) is 14.0. The van der Waals surface area contributed by atoms with E-state index in [9.17, 15) is 14.7 Å². The summed E-state index contributed by atoms with van der Waals surface area (Å²) >= 11 is 1.21. The highest BCUT2D eigenvalue weighted by Crippen LogP contribution is 2.46. The number of thiazole rings is 1. The minimum Gasteiger partial charge on any atom is -0.389 e. The highest BCUT2D eigenvalue weighted by molar-refractivity contribution is 7.17. The third-order valence-corrected chi connectivity index (χ3v) is 8.54. The fraction of sp³-hybridized carbons (Fsp3) is 0.630. The second-order valence-electron chi connectivity index (χ2n) is 11.4. The van der Waals surface area contributed by atoms with E-state index in [2.05, 4.69) is 22.5 Å². The van der Waals surface area contributed by atoms with Gasteiger partial charge in [-0.25, -0.2) is 9.97 Å². The zero-order valence-electron chi connectivity index (χ0n) is 21.6. The monoisotopic (exact) mass is 511 g/mol. The molecule has 2 aliphatic carbocycles. The molecule has 1 atom stereocenters. The minimum absolute atomic E-state index is 0.0945. The summed E-state index contributed by atoms with van der Waals surface area (Å²) in [6, 6.07) is 2.70. The van der Waals surface area contributed by atoms with Gasteiger partial charge < -0.3 is 20.6 Å². The van der Waals surface area contributed by atoms with Crippen LogP contribution in [0.4, 0.5) is 5.82 Å². The molecule has 0 radical (unpaired) electrons. The molecule has 0 spiro atoms. The van der Waals surface area contributed by atoms with E-state index in [1.165, 1.54) is 37.0 Å². The van der Waals surface area contributed by atoms with Crippen molar-refractivity contribution in [1.29, 1.82) is 0 Å². The van der Waals surface area contributed by atoms with Crippen LogP contribution in [0.1, 0.15) is 85.2 Å². The lowest BCUT2D eigenvalue weighted by Crippen LogP contribution is -2.38. The fourth-order valence-electron chi connectivity index (χ4n) is 5.06. The molecule has 2 saturated carbocycles. The van der Waals surface area contributed by atoms with Crippen LogP contribution in [0, 0.1) is 18.8 Å². The van der Waals surface area contributed by atoms with Gasteiger partial charge in [-0.15, -0.1) is 11.3 Å². The molecular weight excluding hydrogens is 474 g/mol. The van der Waals surface area contributed by atoms with Crippen LogP contribution < -0.4 is 10.6 Å². The predicted octanol–water partition coefficient (Wildman–Crippen LogP) is 4.24. The Morgan fingerprint density at radius 3 is 2.47 bits per heavy atom. The van der Waals surface area contributed by atoms with Crippen molar-refractivity contribution in [2.75, 3.05) is 18.4 Å². The van der Waals surface area contributed by atoms with Crippen molar-refractivity contribution < 1.29 is 14.7 Å². The van der Waals surface area contributed by atoms with Gasteiger partial charge in [-0.05, 0) is 89.7 Å². The van der Waals surface area contributed by atoms with E-state index in [1.807, 2.05) is 24.1 Å². The van der Waals surface area contributed by atoms with E-state index in [0.717, 1.165) is 41.6 Å². The summed E-state index contributed by atoms with van der Waals surface area (Å²) in [5.41, 5.74) is 1.08. The Balaban J connectivity index is 1.44. The van der Waals surface area contributed by atoms with Crippen molar-refractivity contribution in [3.63, 3.8) is 0 Å². The van der Waals surface area contributed by atoms with Gasteiger partial charge in [0.25, 0.3) is 11.8 Å². The van der Waals surface area contributed by atoms with Crippen LogP contribution in [-0.4, -0.2) is 62.6 Å². The predicted molar refractivity (Wildman–Crippen MR) is 141 cm³/mol. The number of nitrogens with zero attached hydrogens (tertiary/aromatic N) is 3. The normalized spacial score (nSPS) is 20.2. The maximum atomic E-state index is 13.6. The molecule has 194 valence electrons. The Labute approximate surface area is 216 Å². The molecule has 3 heterocycles. The maximum Gasteiger partial charge on any atom is 0.280 e. The van der Waals surface area contributed by atoms with Gasteiger partial charge in [0, 0.05) is 36.9 Å². The number of rotatable bonds is 9. The second kappa shape index (κ2) is 9.74. The van der Waals surface area contributed by atoms with Crippen LogP contribution in [-0.2, 0) is 0 Å². The van der Waals surface area contributed by atoms with Crippen LogP contribution in [0.3, 0.4) is 0 Å². The van der Waals surface area contributed by atoms with Crippen LogP contribution in [0.5, 0.6) is 0 Å². The first kappa shape index (κ1) is 25.1. The standard InChI is InChI=1S/C27H37N5O3S/c1-15-12-20(30-21(17-7-8-17)18-9-10-18)28-13-19(15)23-22(26(34)32-11-5-6-16(32)2)31-25(36-23)24(33)29-14-27(3,4)35/h12-13,16-18,21,35H,5-11,14H2,1-4H3,(H,28,30)(H,29,33)/t16-/m0/s1. The van der Waals surface area contributed by atoms with E-state index in [-0.39, 0.29) is 23.5 Å². The van der Waals surface area contributed by atoms with E-state index >= 15 is 0 Å². The average Bonchev–Trinajstić information content (AvgIpc) is 3.75. The Morgan fingerprint density at radius 1 is 1.22 bits per heavy atom. The largest absolute Gasteiger partial charge is 0.389 e. The van der Waals surface area contributed by atoms with Crippen LogP contribution >= 0.6 is 11.3 Å². The van der Waals surface area contributed by atoms with Crippen molar-refractivity contribution >= 4 is 29.0 Å². The Bertz CT molecular complexity index is 1140. The van der Waals surface area contributed by atoms with Gasteiger partial charge in [0.05, 0.1) is 10.5 Å². The molecule has 5 rings (SSSR count). The van der Waals surface area contributed by atoms with Gasteiger partial charge >= 0.3 is 0 Å². The number of aryl methyl sites for hydroxylation is 1. The number of aliphatic hydroxyl groups is 1. The topological polar surface area (TPSA) is 107 Å². The molecule has 2 amide bonds. The van der Waals surface area contributed by atoms with Crippen molar-refractivity contribution in [3.05, 3.63) is 28.5 Å². The summed E-state index contributed by atoms with van der Waals surface area (Å²) in [5.74, 6) is 1.86. The molecule has 2 aromatic rings. The summed E-state index contributed by atoms with van der Waals surface area (Å²) in [7, 11) is 0. The number of amides is 2. The Kier molecular flexibility index (Phi) is 6.80. The van der Waals surface area contributed by atoms with Crippen molar-refractivity contribution in [2.24, 2.45) is 11.8 Å². The van der Waals surface area contributed by atoms with Crippen LogP contribution in [0.2, 0.25) is 0 Å². The summed E-state index contributed by atoms with van der Waals surface area (Å²) in [4.78, 5) is 38.2. The van der Waals surface area contributed by atoms with Gasteiger partial charge in [0.15, 0.2) is 5.01 Å². The number of carbonyl (C=O) groups excluding carboxylic acids is 2. The first-order valence-electron chi connectivity index (χ1n) is 13.2. The summed E-state index contributed by atoms with van der Waals surface area (Å²) in [6.45, 7) is 8.12. The molecule has 36 heavy (non-hydrogen) atoms. The van der Waals surface area contributed by atoms with Gasteiger partial charge in [0.2, 0.25) is 0 Å². The van der Waals surface area contributed by atoms with Crippen molar-refractivity contribution in [3.8, 4) is 10.4 Å². The van der Waals surface area contributed by atoms with Gasteiger partial charge in [0.1, 0.15) is 11.5 Å². The summed E-state index contributed by atoms with van der Waals surface area (Å²) in [5, 5.41) is 16.6. The quantitative estimate of drug-likeness (QED) is 0.465. The van der Waals surface area contributed by atoms with E-state index in [0.29, 0.717) is 23.2 Å². The number of hydrogen-bond acceptors (Lipinski definition) is 7. The zero-order chi connectivity index (χ0) is 25.6. The summed E-state index contributed by atoms with van der Waals surface area (Å²) < 4.78 is 0. The molecule has 1 aliphatic heterocycles.